The van der Waals surface area contributed by atoms with E-state index in [2.05, 4.69) is 41.4 Å². The highest BCUT2D eigenvalue weighted by Crippen LogP contribution is 2.38. The van der Waals surface area contributed by atoms with Crippen molar-refractivity contribution in [2.75, 3.05) is 31.1 Å². The Kier molecular flexibility index (Phi) is 2.40. The first-order chi connectivity index (χ1) is 7.77. The first-order valence-corrected chi connectivity index (χ1v) is 6.30. The Morgan fingerprint density at radius 3 is 2.69 bits per heavy atom. The van der Waals surface area contributed by atoms with E-state index in [1.807, 2.05) is 0 Å². The van der Waals surface area contributed by atoms with Crippen LogP contribution >= 0.6 is 0 Å². The van der Waals surface area contributed by atoms with Gasteiger partial charge in [-0.3, -0.25) is 0 Å². The predicted molar refractivity (Wildman–Crippen MR) is 67.9 cm³/mol. The molecule has 86 valence electrons. The van der Waals surface area contributed by atoms with E-state index in [4.69, 9.17) is 0 Å². The third-order valence-electron chi connectivity index (χ3n) is 4.17. The highest BCUT2D eigenvalue weighted by molar-refractivity contribution is 5.49. The monoisotopic (exact) mass is 216 g/mol. The van der Waals surface area contributed by atoms with Crippen molar-refractivity contribution < 1.29 is 0 Å². The van der Waals surface area contributed by atoms with Crippen molar-refractivity contribution in [1.29, 1.82) is 0 Å². The van der Waals surface area contributed by atoms with Gasteiger partial charge in [-0.25, -0.2) is 0 Å². The van der Waals surface area contributed by atoms with Gasteiger partial charge in [0.1, 0.15) is 0 Å². The molecule has 0 amide bonds. The van der Waals surface area contributed by atoms with E-state index in [9.17, 15) is 0 Å². The molecule has 2 aliphatic rings. The number of aryl methyl sites for hydroxylation is 1. The van der Waals surface area contributed by atoms with Gasteiger partial charge in [0, 0.05) is 30.7 Å². The number of nitrogens with zero attached hydrogens (tertiary/aromatic N) is 1. The second-order valence-electron chi connectivity index (χ2n) is 5.43. The van der Waals surface area contributed by atoms with Gasteiger partial charge >= 0.3 is 0 Å². The highest BCUT2D eigenvalue weighted by atomic mass is 15.2. The quantitative estimate of drug-likeness (QED) is 0.774. The maximum absolute atomic E-state index is 3.51. The largest absolute Gasteiger partial charge is 0.371 e. The lowest BCUT2D eigenvalue weighted by Gasteiger charge is -2.24. The van der Waals surface area contributed by atoms with Crippen molar-refractivity contribution in [3.8, 4) is 0 Å². The van der Waals surface area contributed by atoms with Gasteiger partial charge in [-0.15, -0.1) is 0 Å². The standard InChI is InChI=1S/C14H20N2/c1-12-2-4-13(5-3-12)16-9-7-14(11-16)6-8-15-10-14/h2-5,15H,6-11H2,1H3. The molecule has 2 saturated heterocycles. The zero-order valence-corrected chi connectivity index (χ0v) is 10.00. The van der Waals surface area contributed by atoms with Crippen LogP contribution in [-0.2, 0) is 0 Å². The molecule has 1 aromatic carbocycles. The van der Waals surface area contributed by atoms with Crippen molar-refractivity contribution in [3.63, 3.8) is 0 Å². The molecule has 1 N–H and O–H groups in total. The molecule has 2 heteroatoms. The molecule has 1 spiro atoms. The lowest BCUT2D eigenvalue weighted by molar-refractivity contribution is 0.369. The maximum Gasteiger partial charge on any atom is 0.0366 e. The zero-order chi connectivity index (χ0) is 11.0. The van der Waals surface area contributed by atoms with Crippen molar-refractivity contribution in [1.82, 2.24) is 5.32 Å². The third-order valence-corrected chi connectivity index (χ3v) is 4.17. The van der Waals surface area contributed by atoms with E-state index in [1.54, 1.807) is 0 Å². The summed E-state index contributed by atoms with van der Waals surface area (Å²) >= 11 is 0. The molecular weight excluding hydrogens is 196 g/mol. The average molecular weight is 216 g/mol. The summed E-state index contributed by atoms with van der Waals surface area (Å²) in [6, 6.07) is 8.95. The topological polar surface area (TPSA) is 15.3 Å². The summed E-state index contributed by atoms with van der Waals surface area (Å²) < 4.78 is 0. The minimum absolute atomic E-state index is 0.574. The molecule has 1 aromatic rings. The normalized spacial score (nSPS) is 29.2. The second kappa shape index (κ2) is 3.77. The summed E-state index contributed by atoms with van der Waals surface area (Å²) in [5, 5.41) is 3.51. The highest BCUT2D eigenvalue weighted by Gasteiger charge is 2.40. The van der Waals surface area contributed by atoms with Gasteiger partial charge in [0.15, 0.2) is 0 Å². The summed E-state index contributed by atoms with van der Waals surface area (Å²) in [5.74, 6) is 0. The number of nitrogens with one attached hydrogen (secondary N) is 1. The summed E-state index contributed by atoms with van der Waals surface area (Å²) in [5.41, 5.74) is 3.32. The van der Waals surface area contributed by atoms with Crippen LogP contribution in [0.2, 0.25) is 0 Å². The second-order valence-corrected chi connectivity index (χ2v) is 5.43. The van der Waals surface area contributed by atoms with Crippen molar-refractivity contribution in [2.45, 2.75) is 19.8 Å². The summed E-state index contributed by atoms with van der Waals surface area (Å²) in [6.45, 7) is 7.04. The molecule has 0 aliphatic carbocycles. The summed E-state index contributed by atoms with van der Waals surface area (Å²) in [6.07, 6.45) is 2.71. The van der Waals surface area contributed by atoms with Crippen LogP contribution < -0.4 is 10.2 Å². The maximum atomic E-state index is 3.51. The van der Waals surface area contributed by atoms with Gasteiger partial charge < -0.3 is 10.2 Å². The van der Waals surface area contributed by atoms with Gasteiger partial charge in [-0.1, -0.05) is 17.7 Å². The Hall–Kier alpha value is -1.02. The minimum atomic E-state index is 0.574. The Labute approximate surface area is 97.6 Å². The number of hydrogen-bond donors (Lipinski definition) is 1. The molecule has 1 unspecified atom stereocenters. The van der Waals surface area contributed by atoms with E-state index in [0.29, 0.717) is 5.41 Å². The van der Waals surface area contributed by atoms with E-state index < -0.39 is 0 Å². The van der Waals surface area contributed by atoms with Crippen molar-refractivity contribution >= 4 is 5.69 Å². The van der Waals surface area contributed by atoms with Gasteiger partial charge in [-0.2, -0.15) is 0 Å². The first-order valence-electron chi connectivity index (χ1n) is 6.30. The van der Waals surface area contributed by atoms with Crippen LogP contribution in [0.5, 0.6) is 0 Å². The first kappa shape index (κ1) is 10.2. The molecule has 2 heterocycles. The fourth-order valence-electron chi connectivity index (χ4n) is 3.05. The van der Waals surface area contributed by atoms with Crippen LogP contribution in [-0.4, -0.2) is 26.2 Å². The SMILES string of the molecule is Cc1ccc(N2CCC3(CCNC3)C2)cc1. The molecule has 16 heavy (non-hydrogen) atoms. The van der Waals surface area contributed by atoms with Gasteiger partial charge in [0.2, 0.25) is 0 Å². The number of rotatable bonds is 1. The molecule has 1 atom stereocenters. The number of anilines is 1. The van der Waals surface area contributed by atoms with Crippen LogP contribution in [0, 0.1) is 12.3 Å². The van der Waals surface area contributed by atoms with Crippen LogP contribution in [0.15, 0.2) is 24.3 Å². The van der Waals surface area contributed by atoms with E-state index in [0.717, 1.165) is 0 Å². The Morgan fingerprint density at radius 1 is 1.19 bits per heavy atom. The van der Waals surface area contributed by atoms with Gasteiger partial charge in [0.05, 0.1) is 0 Å². The molecule has 0 bridgehead atoms. The number of benzene rings is 1. The van der Waals surface area contributed by atoms with Crippen molar-refractivity contribution in [2.24, 2.45) is 5.41 Å². The molecule has 0 saturated carbocycles. The molecular formula is C14H20N2. The minimum Gasteiger partial charge on any atom is -0.371 e. The smallest absolute Gasteiger partial charge is 0.0366 e. The predicted octanol–water partition coefficient (Wildman–Crippen LogP) is 2.18. The fourth-order valence-corrected chi connectivity index (χ4v) is 3.05. The van der Waals surface area contributed by atoms with Crippen LogP contribution in [0.25, 0.3) is 0 Å². The molecule has 2 fully saturated rings. The zero-order valence-electron chi connectivity index (χ0n) is 10.00. The fraction of sp³-hybridized carbons (Fsp3) is 0.571. The Balaban J connectivity index is 1.75. The third kappa shape index (κ3) is 1.71. The molecule has 0 radical (unpaired) electrons. The van der Waals surface area contributed by atoms with Crippen LogP contribution in [0.4, 0.5) is 5.69 Å². The molecule has 0 aromatic heterocycles. The number of hydrogen-bond acceptors (Lipinski definition) is 2. The average Bonchev–Trinajstić information content (AvgIpc) is 2.91. The van der Waals surface area contributed by atoms with Gasteiger partial charge in [0.25, 0.3) is 0 Å². The van der Waals surface area contributed by atoms with Gasteiger partial charge in [-0.05, 0) is 38.4 Å². The van der Waals surface area contributed by atoms with Crippen molar-refractivity contribution in [3.05, 3.63) is 29.8 Å². The summed E-state index contributed by atoms with van der Waals surface area (Å²) in [4.78, 5) is 2.55. The van der Waals surface area contributed by atoms with E-state index in [-0.39, 0.29) is 0 Å². The Bertz CT molecular complexity index is 363. The lowest BCUT2D eigenvalue weighted by atomic mass is 9.86. The molecule has 2 aliphatic heterocycles. The van der Waals surface area contributed by atoms with E-state index >= 15 is 0 Å². The summed E-state index contributed by atoms with van der Waals surface area (Å²) in [7, 11) is 0. The molecule has 3 rings (SSSR count). The Morgan fingerprint density at radius 2 is 2.00 bits per heavy atom. The lowest BCUT2D eigenvalue weighted by Crippen LogP contribution is -2.29. The van der Waals surface area contributed by atoms with Crippen LogP contribution in [0.3, 0.4) is 0 Å². The van der Waals surface area contributed by atoms with Crippen LogP contribution in [0.1, 0.15) is 18.4 Å². The molecule has 2 nitrogen and oxygen atoms in total. The van der Waals surface area contributed by atoms with E-state index in [1.165, 1.54) is 50.3 Å².